The lowest BCUT2D eigenvalue weighted by atomic mass is 10.1. The molecule has 3 amide bonds. The molecule has 2 aliphatic rings. The molecule has 1 atom stereocenters. The van der Waals surface area contributed by atoms with Crippen LogP contribution in [0.4, 0.5) is 30.1 Å². The number of likely N-dealkylation sites (N-methyl/N-ethyl adjacent to an activating group) is 1. The third-order valence-electron chi connectivity index (χ3n) is 4.06. The maximum absolute atomic E-state index is 12.1. The summed E-state index contributed by atoms with van der Waals surface area (Å²) in [7, 11) is 2.94. The van der Waals surface area contributed by atoms with Crippen LogP contribution in [0.15, 0.2) is 18.2 Å². The smallest absolute Gasteiger partial charge is 0.416 e. The van der Waals surface area contributed by atoms with Gasteiger partial charge in [0.25, 0.3) is 0 Å². The number of amides is 3. The Kier molecular flexibility index (Phi) is 4.34. The molecule has 1 aromatic rings. The number of carbonyl (C=O) groups excluding carboxylic acids is 3. The number of fused-ring (bicyclic) bond motifs is 1. The summed E-state index contributed by atoms with van der Waals surface area (Å²) in [5.74, 6) is 0. The van der Waals surface area contributed by atoms with E-state index in [4.69, 9.17) is 9.47 Å². The highest BCUT2D eigenvalue weighted by Crippen LogP contribution is 2.32. The summed E-state index contributed by atoms with van der Waals surface area (Å²) in [4.78, 5) is 38.9. The van der Waals surface area contributed by atoms with E-state index in [9.17, 15) is 18.8 Å². The second kappa shape index (κ2) is 6.46. The fourth-order valence-electron chi connectivity index (χ4n) is 2.64. The highest BCUT2D eigenvalue weighted by molar-refractivity contribution is 5.93. The van der Waals surface area contributed by atoms with Gasteiger partial charge in [0.2, 0.25) is 6.86 Å². The molecule has 0 spiro atoms. The summed E-state index contributed by atoms with van der Waals surface area (Å²) in [6.45, 7) is -1.10. The van der Waals surface area contributed by atoms with E-state index in [0.29, 0.717) is 11.4 Å². The SMILES string of the molecule is CN1C(=O)OCc2cc(N3C[C@H](N(C)C(=O)OCF)OC3=O)ccc21. The number of cyclic esters (lactones) is 2. The van der Waals surface area contributed by atoms with E-state index in [2.05, 4.69) is 4.74 Å². The predicted octanol–water partition coefficient (Wildman–Crippen LogP) is 2.05. The van der Waals surface area contributed by atoms with Crippen LogP contribution < -0.4 is 9.80 Å². The lowest BCUT2D eigenvalue weighted by Crippen LogP contribution is -2.40. The van der Waals surface area contributed by atoms with Crippen LogP contribution in [0.3, 0.4) is 0 Å². The highest BCUT2D eigenvalue weighted by atomic mass is 19.1. The summed E-state index contributed by atoms with van der Waals surface area (Å²) in [6, 6.07) is 5.08. The highest BCUT2D eigenvalue weighted by Gasteiger charge is 2.37. The molecule has 0 saturated carbocycles. The van der Waals surface area contributed by atoms with Gasteiger partial charge in [-0.1, -0.05) is 0 Å². The standard InChI is InChI=1S/C15H16FN3O6/c1-17-11-4-3-10(5-9(11)7-23-13(17)20)19-6-12(25-15(19)22)18(2)14(21)24-8-16/h3-5,12H,6-8H2,1-2H3/t12-/m1/s1. The molecule has 10 heteroatoms. The molecule has 0 bridgehead atoms. The average Bonchev–Trinajstić information content (AvgIpc) is 2.99. The zero-order chi connectivity index (χ0) is 18.1. The van der Waals surface area contributed by atoms with E-state index in [1.54, 1.807) is 25.2 Å². The van der Waals surface area contributed by atoms with Crippen molar-refractivity contribution in [1.29, 1.82) is 0 Å². The van der Waals surface area contributed by atoms with Gasteiger partial charge in [0.15, 0.2) is 6.23 Å². The third kappa shape index (κ3) is 3.02. The largest absolute Gasteiger partial charge is 0.444 e. The molecular weight excluding hydrogens is 337 g/mol. The van der Waals surface area contributed by atoms with Gasteiger partial charge in [-0.3, -0.25) is 14.7 Å². The predicted molar refractivity (Wildman–Crippen MR) is 82.9 cm³/mol. The van der Waals surface area contributed by atoms with Crippen LogP contribution in [-0.4, -0.2) is 56.9 Å². The van der Waals surface area contributed by atoms with Crippen molar-refractivity contribution in [2.75, 3.05) is 37.3 Å². The molecule has 134 valence electrons. The first-order valence-electron chi connectivity index (χ1n) is 7.39. The molecule has 0 aromatic heterocycles. The van der Waals surface area contributed by atoms with Gasteiger partial charge in [-0.15, -0.1) is 0 Å². The fraction of sp³-hybridized carbons (Fsp3) is 0.400. The number of nitrogens with zero attached hydrogens (tertiary/aromatic N) is 3. The van der Waals surface area contributed by atoms with E-state index in [0.717, 1.165) is 10.5 Å². The molecule has 3 rings (SSSR count). The quantitative estimate of drug-likeness (QED) is 0.773. The van der Waals surface area contributed by atoms with Crippen molar-refractivity contribution < 1.29 is 33.0 Å². The third-order valence-corrected chi connectivity index (χ3v) is 4.06. The first kappa shape index (κ1) is 16.8. The number of hydrogen-bond acceptors (Lipinski definition) is 6. The van der Waals surface area contributed by atoms with Gasteiger partial charge in [-0.05, 0) is 18.2 Å². The van der Waals surface area contributed by atoms with Crippen molar-refractivity contribution in [1.82, 2.24) is 4.90 Å². The maximum Gasteiger partial charge on any atom is 0.416 e. The molecule has 0 N–H and O–H groups in total. The monoisotopic (exact) mass is 353 g/mol. The maximum atomic E-state index is 12.1. The van der Waals surface area contributed by atoms with Crippen molar-refractivity contribution in [3.8, 4) is 0 Å². The van der Waals surface area contributed by atoms with Gasteiger partial charge in [-0.25, -0.2) is 18.8 Å². The van der Waals surface area contributed by atoms with E-state index < -0.39 is 31.4 Å². The van der Waals surface area contributed by atoms with Gasteiger partial charge in [0.1, 0.15) is 6.61 Å². The van der Waals surface area contributed by atoms with Gasteiger partial charge >= 0.3 is 18.3 Å². The van der Waals surface area contributed by atoms with Gasteiger partial charge in [0.05, 0.1) is 12.2 Å². The lowest BCUT2D eigenvalue weighted by molar-refractivity contribution is 0.0126. The van der Waals surface area contributed by atoms with Gasteiger partial charge in [0, 0.05) is 25.3 Å². The van der Waals surface area contributed by atoms with Crippen LogP contribution in [0.5, 0.6) is 0 Å². The first-order chi connectivity index (χ1) is 11.9. The van der Waals surface area contributed by atoms with Crippen LogP contribution in [0.2, 0.25) is 0 Å². The Hall–Kier alpha value is -3.04. The Morgan fingerprint density at radius 2 is 2.16 bits per heavy atom. The van der Waals surface area contributed by atoms with Gasteiger partial charge in [-0.2, -0.15) is 0 Å². The molecule has 9 nitrogen and oxygen atoms in total. The van der Waals surface area contributed by atoms with Crippen LogP contribution >= 0.6 is 0 Å². The Morgan fingerprint density at radius 3 is 2.88 bits per heavy atom. The van der Waals surface area contributed by atoms with Crippen molar-refractivity contribution in [3.63, 3.8) is 0 Å². The lowest BCUT2D eigenvalue weighted by Gasteiger charge is -2.26. The minimum atomic E-state index is -1.26. The molecule has 1 aromatic carbocycles. The minimum absolute atomic E-state index is 0.0606. The van der Waals surface area contributed by atoms with Crippen LogP contribution in [0.1, 0.15) is 5.56 Å². The zero-order valence-electron chi connectivity index (χ0n) is 13.6. The Bertz CT molecular complexity index is 727. The van der Waals surface area contributed by atoms with Crippen molar-refractivity contribution >= 4 is 29.7 Å². The van der Waals surface area contributed by atoms with E-state index in [1.165, 1.54) is 16.8 Å². The van der Waals surface area contributed by atoms with Gasteiger partial charge < -0.3 is 14.2 Å². The molecule has 2 heterocycles. The molecule has 0 radical (unpaired) electrons. The molecule has 0 aliphatic carbocycles. The fourth-order valence-corrected chi connectivity index (χ4v) is 2.64. The number of rotatable bonds is 3. The number of benzene rings is 1. The molecule has 1 saturated heterocycles. The van der Waals surface area contributed by atoms with E-state index in [-0.39, 0.29) is 13.2 Å². The first-order valence-corrected chi connectivity index (χ1v) is 7.39. The summed E-state index contributed by atoms with van der Waals surface area (Å²) in [6.07, 6.45) is -2.93. The summed E-state index contributed by atoms with van der Waals surface area (Å²) in [5.41, 5.74) is 1.96. The van der Waals surface area contributed by atoms with E-state index in [1.807, 2.05) is 0 Å². The second-order valence-corrected chi connectivity index (χ2v) is 5.51. The Labute approximate surface area is 142 Å². The molecule has 25 heavy (non-hydrogen) atoms. The van der Waals surface area contributed by atoms with Crippen LogP contribution in [0, 0.1) is 0 Å². The summed E-state index contributed by atoms with van der Waals surface area (Å²) in [5, 5.41) is 0. The molecular formula is C15H16FN3O6. The van der Waals surface area contributed by atoms with Crippen molar-refractivity contribution in [2.24, 2.45) is 0 Å². The Morgan fingerprint density at radius 1 is 1.40 bits per heavy atom. The summed E-state index contributed by atoms with van der Waals surface area (Å²) >= 11 is 0. The summed E-state index contributed by atoms with van der Waals surface area (Å²) < 4.78 is 26.5. The number of hydrogen-bond donors (Lipinski definition) is 0. The Balaban J connectivity index is 1.78. The second-order valence-electron chi connectivity index (χ2n) is 5.51. The molecule has 0 unspecified atom stereocenters. The number of carbonyl (C=O) groups is 3. The average molecular weight is 353 g/mol. The minimum Gasteiger partial charge on any atom is -0.444 e. The molecule has 2 aliphatic heterocycles. The number of anilines is 2. The zero-order valence-corrected chi connectivity index (χ0v) is 13.6. The van der Waals surface area contributed by atoms with Crippen LogP contribution in [-0.2, 0) is 20.8 Å². The molecule has 1 fully saturated rings. The normalized spacial score (nSPS) is 19.2. The number of alkyl halides is 1. The number of ether oxygens (including phenoxy) is 3. The van der Waals surface area contributed by atoms with E-state index >= 15 is 0 Å². The topological polar surface area (TPSA) is 88.6 Å². The number of halogens is 1. The van der Waals surface area contributed by atoms with Crippen molar-refractivity contribution in [2.45, 2.75) is 12.8 Å². The van der Waals surface area contributed by atoms with Crippen LogP contribution in [0.25, 0.3) is 0 Å². The van der Waals surface area contributed by atoms with Crippen molar-refractivity contribution in [3.05, 3.63) is 23.8 Å².